The van der Waals surface area contributed by atoms with Crippen LogP contribution >= 0.6 is 0 Å². The average molecular weight is 190 g/mol. The minimum Gasteiger partial charge on any atom is -0.380 e. The van der Waals surface area contributed by atoms with Gasteiger partial charge in [-0.1, -0.05) is 35.9 Å². The third-order valence-electron chi connectivity index (χ3n) is 1.82. The average Bonchev–Trinajstić information content (AvgIpc) is 2.17. The maximum atomic E-state index is 11.4. The highest BCUT2D eigenvalue weighted by molar-refractivity contribution is 5.94. The number of ketones is 1. The fourth-order valence-corrected chi connectivity index (χ4v) is 1.16. The van der Waals surface area contributed by atoms with Crippen molar-refractivity contribution in [3.8, 4) is 0 Å². The highest BCUT2D eigenvalue weighted by Crippen LogP contribution is 2.14. The molecular weight excluding hydrogens is 176 g/mol. The lowest BCUT2D eigenvalue weighted by Gasteiger charge is -2.06. The minimum atomic E-state index is -1.04. The molecule has 0 spiro atoms. The summed E-state index contributed by atoms with van der Waals surface area (Å²) in [7, 11) is 0. The van der Waals surface area contributed by atoms with Crippen LogP contribution in [-0.2, 0) is 4.79 Å². The molecule has 1 unspecified atom stereocenters. The van der Waals surface area contributed by atoms with Crippen LogP contribution in [0.2, 0.25) is 0 Å². The van der Waals surface area contributed by atoms with Crippen LogP contribution in [0.4, 0.5) is 0 Å². The number of allylic oxidation sites excluding steroid dienone is 1. The van der Waals surface area contributed by atoms with Gasteiger partial charge in [-0.15, -0.1) is 0 Å². The van der Waals surface area contributed by atoms with Crippen LogP contribution in [0.1, 0.15) is 25.5 Å². The summed E-state index contributed by atoms with van der Waals surface area (Å²) in [6.07, 6.45) is 0.420. The molecule has 0 aliphatic carbocycles. The fourth-order valence-electron chi connectivity index (χ4n) is 1.16. The normalized spacial score (nSPS) is 11.9. The van der Waals surface area contributed by atoms with E-state index in [1.807, 2.05) is 19.9 Å². The standard InChI is InChI=1S/C12H14O2/c1-9(2)8-11(13)12(14)10-6-4-3-5-7-10/h3-8,12,14H,1-2H3. The second kappa shape index (κ2) is 4.72. The van der Waals surface area contributed by atoms with E-state index < -0.39 is 6.10 Å². The number of aliphatic hydroxyl groups is 1. The summed E-state index contributed by atoms with van der Waals surface area (Å²) in [6, 6.07) is 8.92. The summed E-state index contributed by atoms with van der Waals surface area (Å²) in [5, 5.41) is 9.64. The largest absolute Gasteiger partial charge is 0.380 e. The molecule has 0 bridgehead atoms. The van der Waals surface area contributed by atoms with Crippen LogP contribution in [0.25, 0.3) is 0 Å². The summed E-state index contributed by atoms with van der Waals surface area (Å²) in [5.41, 5.74) is 1.53. The van der Waals surface area contributed by atoms with Crippen molar-refractivity contribution in [3.05, 3.63) is 47.5 Å². The lowest BCUT2D eigenvalue weighted by molar-refractivity contribution is -0.122. The third kappa shape index (κ3) is 2.82. The van der Waals surface area contributed by atoms with Crippen molar-refractivity contribution >= 4 is 5.78 Å². The van der Waals surface area contributed by atoms with E-state index in [0.29, 0.717) is 5.56 Å². The highest BCUT2D eigenvalue weighted by Gasteiger charge is 2.13. The van der Waals surface area contributed by atoms with Gasteiger partial charge in [0.2, 0.25) is 0 Å². The van der Waals surface area contributed by atoms with Gasteiger partial charge in [-0.05, 0) is 25.5 Å². The molecule has 2 heteroatoms. The summed E-state index contributed by atoms with van der Waals surface area (Å²) in [6.45, 7) is 3.66. The van der Waals surface area contributed by atoms with E-state index in [-0.39, 0.29) is 5.78 Å². The minimum absolute atomic E-state index is 0.267. The van der Waals surface area contributed by atoms with Crippen LogP contribution in [0, 0.1) is 0 Å². The summed E-state index contributed by atoms with van der Waals surface area (Å²) in [5.74, 6) is -0.267. The first-order chi connectivity index (χ1) is 6.61. The number of rotatable bonds is 3. The zero-order chi connectivity index (χ0) is 10.6. The second-order valence-electron chi connectivity index (χ2n) is 3.44. The van der Waals surface area contributed by atoms with Gasteiger partial charge in [0.05, 0.1) is 0 Å². The Balaban J connectivity index is 2.81. The Morgan fingerprint density at radius 1 is 1.29 bits per heavy atom. The Morgan fingerprint density at radius 3 is 2.36 bits per heavy atom. The number of benzene rings is 1. The predicted molar refractivity (Wildman–Crippen MR) is 55.8 cm³/mol. The SMILES string of the molecule is CC(C)=CC(=O)C(O)c1ccccc1. The Kier molecular flexibility index (Phi) is 3.60. The molecule has 74 valence electrons. The molecular formula is C12H14O2. The molecule has 1 N–H and O–H groups in total. The van der Waals surface area contributed by atoms with Crippen molar-refractivity contribution in [1.82, 2.24) is 0 Å². The fraction of sp³-hybridized carbons (Fsp3) is 0.250. The molecule has 1 rings (SSSR count). The van der Waals surface area contributed by atoms with Gasteiger partial charge < -0.3 is 5.11 Å². The van der Waals surface area contributed by atoms with Crippen LogP contribution in [0.15, 0.2) is 42.0 Å². The van der Waals surface area contributed by atoms with Crippen molar-refractivity contribution in [2.24, 2.45) is 0 Å². The van der Waals surface area contributed by atoms with Gasteiger partial charge in [0.25, 0.3) is 0 Å². The first-order valence-electron chi connectivity index (χ1n) is 4.53. The predicted octanol–water partition coefficient (Wildman–Crippen LogP) is 2.26. The Morgan fingerprint density at radius 2 is 1.86 bits per heavy atom. The van der Waals surface area contributed by atoms with Crippen LogP contribution in [0.3, 0.4) is 0 Å². The maximum Gasteiger partial charge on any atom is 0.188 e. The van der Waals surface area contributed by atoms with Crippen LogP contribution in [0.5, 0.6) is 0 Å². The zero-order valence-electron chi connectivity index (χ0n) is 8.40. The van der Waals surface area contributed by atoms with Gasteiger partial charge in [-0.3, -0.25) is 4.79 Å². The molecule has 2 nitrogen and oxygen atoms in total. The topological polar surface area (TPSA) is 37.3 Å². The first-order valence-corrected chi connectivity index (χ1v) is 4.53. The molecule has 0 fully saturated rings. The Hall–Kier alpha value is -1.41. The summed E-state index contributed by atoms with van der Waals surface area (Å²) >= 11 is 0. The molecule has 0 heterocycles. The van der Waals surface area contributed by atoms with Gasteiger partial charge in [-0.25, -0.2) is 0 Å². The van der Waals surface area contributed by atoms with Crippen molar-refractivity contribution in [2.75, 3.05) is 0 Å². The van der Waals surface area contributed by atoms with Crippen molar-refractivity contribution in [1.29, 1.82) is 0 Å². The van der Waals surface area contributed by atoms with Crippen molar-refractivity contribution in [3.63, 3.8) is 0 Å². The van der Waals surface area contributed by atoms with E-state index in [9.17, 15) is 9.90 Å². The van der Waals surface area contributed by atoms with E-state index >= 15 is 0 Å². The Bertz CT molecular complexity index is 335. The molecule has 0 amide bonds. The van der Waals surface area contributed by atoms with Crippen molar-refractivity contribution < 1.29 is 9.90 Å². The molecule has 1 aromatic carbocycles. The highest BCUT2D eigenvalue weighted by atomic mass is 16.3. The van der Waals surface area contributed by atoms with Gasteiger partial charge in [-0.2, -0.15) is 0 Å². The van der Waals surface area contributed by atoms with E-state index in [0.717, 1.165) is 5.57 Å². The lowest BCUT2D eigenvalue weighted by Crippen LogP contribution is -2.09. The van der Waals surface area contributed by atoms with Crippen molar-refractivity contribution in [2.45, 2.75) is 20.0 Å². The van der Waals surface area contributed by atoms with E-state index in [1.165, 1.54) is 6.08 Å². The Labute approximate surface area is 83.9 Å². The van der Waals surface area contributed by atoms with Crippen LogP contribution < -0.4 is 0 Å². The van der Waals surface area contributed by atoms with E-state index in [4.69, 9.17) is 0 Å². The number of hydrogen-bond acceptors (Lipinski definition) is 2. The number of carbonyl (C=O) groups is 1. The van der Waals surface area contributed by atoms with Gasteiger partial charge in [0.1, 0.15) is 6.10 Å². The first kappa shape index (κ1) is 10.7. The molecule has 0 aliphatic heterocycles. The van der Waals surface area contributed by atoms with Crippen LogP contribution in [-0.4, -0.2) is 10.9 Å². The molecule has 0 saturated carbocycles. The number of carbonyl (C=O) groups excluding carboxylic acids is 1. The quantitative estimate of drug-likeness (QED) is 0.742. The van der Waals surface area contributed by atoms with E-state index in [1.54, 1.807) is 24.3 Å². The molecule has 0 saturated heterocycles. The molecule has 1 atom stereocenters. The summed E-state index contributed by atoms with van der Waals surface area (Å²) < 4.78 is 0. The molecule has 14 heavy (non-hydrogen) atoms. The maximum absolute atomic E-state index is 11.4. The smallest absolute Gasteiger partial charge is 0.188 e. The zero-order valence-corrected chi connectivity index (χ0v) is 8.40. The third-order valence-corrected chi connectivity index (χ3v) is 1.82. The summed E-state index contributed by atoms with van der Waals surface area (Å²) in [4.78, 5) is 11.4. The molecule has 0 aliphatic rings. The number of hydrogen-bond donors (Lipinski definition) is 1. The molecule has 1 aromatic rings. The van der Waals surface area contributed by atoms with Gasteiger partial charge in [0.15, 0.2) is 5.78 Å². The molecule has 0 aromatic heterocycles. The van der Waals surface area contributed by atoms with Gasteiger partial charge >= 0.3 is 0 Å². The second-order valence-corrected chi connectivity index (χ2v) is 3.44. The van der Waals surface area contributed by atoms with Gasteiger partial charge in [0, 0.05) is 0 Å². The monoisotopic (exact) mass is 190 g/mol. The number of aliphatic hydroxyl groups excluding tert-OH is 1. The van der Waals surface area contributed by atoms with E-state index in [2.05, 4.69) is 0 Å². The lowest BCUT2D eigenvalue weighted by atomic mass is 10.0. The molecule has 0 radical (unpaired) electrons.